The zero-order valence-corrected chi connectivity index (χ0v) is 13.8. The van der Waals surface area contributed by atoms with Crippen molar-refractivity contribution >= 4 is 10.0 Å². The number of aryl methyl sites for hydroxylation is 1. The van der Waals surface area contributed by atoms with Crippen molar-refractivity contribution in [1.82, 2.24) is 4.31 Å². The third-order valence-corrected chi connectivity index (χ3v) is 5.29. The van der Waals surface area contributed by atoms with Crippen molar-refractivity contribution in [3.63, 3.8) is 0 Å². The number of hydrogen-bond donors (Lipinski definition) is 1. The van der Waals surface area contributed by atoms with Crippen LogP contribution < -0.4 is 5.73 Å². The van der Waals surface area contributed by atoms with Crippen molar-refractivity contribution in [2.24, 2.45) is 5.73 Å². The SMILES string of the molecule is CCCCCN(C)S(=O)(=O)c1cc(C#CCN)ccc1C. The van der Waals surface area contributed by atoms with E-state index in [9.17, 15) is 8.42 Å². The summed E-state index contributed by atoms with van der Waals surface area (Å²) < 4.78 is 26.7. The average Bonchev–Trinajstić information content (AvgIpc) is 2.46. The summed E-state index contributed by atoms with van der Waals surface area (Å²) in [6.45, 7) is 4.69. The molecule has 116 valence electrons. The summed E-state index contributed by atoms with van der Waals surface area (Å²) in [5.41, 5.74) is 6.75. The quantitative estimate of drug-likeness (QED) is 0.647. The lowest BCUT2D eigenvalue weighted by Gasteiger charge is -2.18. The van der Waals surface area contributed by atoms with Gasteiger partial charge < -0.3 is 5.73 Å². The second kappa shape index (κ2) is 8.18. The highest BCUT2D eigenvalue weighted by atomic mass is 32.2. The highest BCUT2D eigenvalue weighted by molar-refractivity contribution is 7.89. The third kappa shape index (κ3) is 4.85. The second-order valence-corrected chi connectivity index (χ2v) is 7.03. The van der Waals surface area contributed by atoms with Gasteiger partial charge in [0.1, 0.15) is 0 Å². The van der Waals surface area contributed by atoms with E-state index in [4.69, 9.17) is 5.73 Å². The van der Waals surface area contributed by atoms with Crippen LogP contribution in [0.2, 0.25) is 0 Å². The van der Waals surface area contributed by atoms with E-state index in [1.54, 1.807) is 26.1 Å². The van der Waals surface area contributed by atoms with Gasteiger partial charge in [0.25, 0.3) is 0 Å². The molecule has 0 atom stereocenters. The van der Waals surface area contributed by atoms with E-state index in [-0.39, 0.29) is 6.54 Å². The van der Waals surface area contributed by atoms with E-state index < -0.39 is 10.0 Å². The summed E-state index contributed by atoms with van der Waals surface area (Å²) in [5.74, 6) is 5.62. The topological polar surface area (TPSA) is 63.4 Å². The van der Waals surface area contributed by atoms with E-state index in [2.05, 4.69) is 18.8 Å². The first-order valence-corrected chi connectivity index (χ1v) is 8.63. The maximum Gasteiger partial charge on any atom is 0.243 e. The zero-order valence-electron chi connectivity index (χ0n) is 13.0. The number of unbranched alkanes of at least 4 members (excludes halogenated alkanes) is 2. The summed E-state index contributed by atoms with van der Waals surface area (Å²) in [4.78, 5) is 0.324. The van der Waals surface area contributed by atoms with Gasteiger partial charge in [0.2, 0.25) is 10.0 Å². The monoisotopic (exact) mass is 308 g/mol. The van der Waals surface area contributed by atoms with E-state index in [1.807, 2.05) is 6.07 Å². The highest BCUT2D eigenvalue weighted by Gasteiger charge is 2.22. The van der Waals surface area contributed by atoms with Gasteiger partial charge in [-0.25, -0.2) is 12.7 Å². The smallest absolute Gasteiger partial charge is 0.243 e. The Balaban J connectivity index is 3.06. The lowest BCUT2D eigenvalue weighted by atomic mass is 10.1. The molecule has 5 heteroatoms. The van der Waals surface area contributed by atoms with Gasteiger partial charge in [-0.15, -0.1) is 0 Å². The predicted molar refractivity (Wildman–Crippen MR) is 86.5 cm³/mol. The van der Waals surface area contributed by atoms with Crippen LogP contribution in [0.1, 0.15) is 37.3 Å². The molecule has 4 nitrogen and oxygen atoms in total. The Labute approximate surface area is 128 Å². The van der Waals surface area contributed by atoms with Gasteiger partial charge in [-0.05, 0) is 31.0 Å². The molecule has 1 rings (SSSR count). The Morgan fingerprint density at radius 3 is 2.62 bits per heavy atom. The van der Waals surface area contributed by atoms with Crippen LogP contribution >= 0.6 is 0 Å². The molecule has 0 saturated carbocycles. The van der Waals surface area contributed by atoms with Crippen LogP contribution in [0.5, 0.6) is 0 Å². The summed E-state index contributed by atoms with van der Waals surface area (Å²) in [6.07, 6.45) is 2.97. The zero-order chi connectivity index (χ0) is 15.9. The van der Waals surface area contributed by atoms with E-state index in [1.165, 1.54) is 4.31 Å². The molecule has 0 aliphatic rings. The molecule has 0 saturated heterocycles. The third-order valence-electron chi connectivity index (χ3n) is 3.29. The van der Waals surface area contributed by atoms with Crippen LogP contribution in [0.15, 0.2) is 23.1 Å². The fraction of sp³-hybridized carbons (Fsp3) is 0.500. The maximum atomic E-state index is 12.6. The molecule has 0 aromatic heterocycles. The van der Waals surface area contributed by atoms with Gasteiger partial charge in [0.05, 0.1) is 11.4 Å². The van der Waals surface area contributed by atoms with Crippen LogP contribution in [0.3, 0.4) is 0 Å². The number of sulfonamides is 1. The standard InChI is InChI=1S/C16H24N2O2S/c1-4-5-6-12-18(3)21(19,20)16-13-15(8-7-11-17)10-9-14(16)2/h9-10,13H,4-6,11-12,17H2,1-3H3. The van der Waals surface area contributed by atoms with Crippen LogP contribution in [-0.2, 0) is 10.0 Å². The number of hydrogen-bond acceptors (Lipinski definition) is 3. The van der Waals surface area contributed by atoms with Gasteiger partial charge in [-0.1, -0.05) is 37.7 Å². The number of rotatable bonds is 6. The molecule has 0 amide bonds. The molecule has 0 bridgehead atoms. The molecule has 0 aliphatic heterocycles. The van der Waals surface area contributed by atoms with Gasteiger partial charge in [-0.3, -0.25) is 0 Å². The van der Waals surface area contributed by atoms with Gasteiger partial charge in [0, 0.05) is 19.2 Å². The minimum absolute atomic E-state index is 0.257. The Morgan fingerprint density at radius 2 is 2.00 bits per heavy atom. The first-order chi connectivity index (χ1) is 9.93. The molecular formula is C16H24N2O2S. The molecular weight excluding hydrogens is 284 g/mol. The predicted octanol–water partition coefficient (Wildman–Crippen LogP) is 2.12. The molecule has 1 aromatic rings. The molecule has 21 heavy (non-hydrogen) atoms. The van der Waals surface area contributed by atoms with Crippen molar-refractivity contribution in [2.45, 2.75) is 38.0 Å². The first-order valence-electron chi connectivity index (χ1n) is 7.19. The lowest BCUT2D eigenvalue weighted by molar-refractivity contribution is 0.454. The van der Waals surface area contributed by atoms with E-state index >= 15 is 0 Å². The fourth-order valence-electron chi connectivity index (χ4n) is 1.98. The molecule has 0 radical (unpaired) electrons. The fourth-order valence-corrected chi connectivity index (χ4v) is 3.44. The summed E-state index contributed by atoms with van der Waals surface area (Å²) in [5, 5.41) is 0. The van der Waals surface area contributed by atoms with Crippen molar-refractivity contribution in [3.8, 4) is 11.8 Å². The molecule has 1 aromatic carbocycles. The Bertz CT molecular complexity index is 627. The van der Waals surface area contributed by atoms with Crippen LogP contribution in [-0.4, -0.2) is 32.9 Å². The summed E-state index contributed by atoms with van der Waals surface area (Å²) in [7, 11) is -1.84. The van der Waals surface area contributed by atoms with Crippen molar-refractivity contribution in [2.75, 3.05) is 20.1 Å². The summed E-state index contributed by atoms with van der Waals surface area (Å²) in [6, 6.07) is 5.23. The Hall–Kier alpha value is -1.35. The minimum atomic E-state index is -3.46. The highest BCUT2D eigenvalue weighted by Crippen LogP contribution is 2.20. The van der Waals surface area contributed by atoms with Crippen molar-refractivity contribution in [3.05, 3.63) is 29.3 Å². The normalized spacial score (nSPS) is 11.3. The number of nitrogens with zero attached hydrogens (tertiary/aromatic N) is 1. The lowest BCUT2D eigenvalue weighted by Crippen LogP contribution is -2.28. The second-order valence-electron chi connectivity index (χ2n) is 5.02. The van der Waals surface area contributed by atoms with Gasteiger partial charge in [-0.2, -0.15) is 0 Å². The van der Waals surface area contributed by atoms with Gasteiger partial charge >= 0.3 is 0 Å². The molecule has 0 spiro atoms. The first kappa shape index (κ1) is 17.7. The average molecular weight is 308 g/mol. The van der Waals surface area contributed by atoms with Crippen LogP contribution in [0, 0.1) is 18.8 Å². The summed E-state index contributed by atoms with van der Waals surface area (Å²) >= 11 is 0. The Morgan fingerprint density at radius 1 is 1.29 bits per heavy atom. The Kier molecular flexibility index (Phi) is 6.90. The molecule has 0 unspecified atom stereocenters. The maximum absolute atomic E-state index is 12.6. The van der Waals surface area contributed by atoms with Crippen LogP contribution in [0.25, 0.3) is 0 Å². The molecule has 0 aliphatic carbocycles. The molecule has 2 N–H and O–H groups in total. The molecule has 0 fully saturated rings. The van der Waals surface area contributed by atoms with E-state index in [0.717, 1.165) is 24.8 Å². The van der Waals surface area contributed by atoms with Crippen molar-refractivity contribution in [1.29, 1.82) is 0 Å². The number of benzene rings is 1. The van der Waals surface area contributed by atoms with E-state index in [0.29, 0.717) is 17.0 Å². The largest absolute Gasteiger partial charge is 0.320 e. The van der Waals surface area contributed by atoms with Crippen molar-refractivity contribution < 1.29 is 8.42 Å². The number of nitrogens with two attached hydrogens (primary N) is 1. The minimum Gasteiger partial charge on any atom is -0.320 e. The van der Waals surface area contributed by atoms with Crippen LogP contribution in [0.4, 0.5) is 0 Å². The molecule has 0 heterocycles. The van der Waals surface area contributed by atoms with Gasteiger partial charge in [0.15, 0.2) is 0 Å².